The number of nitrogens with two attached hydrogens (primary N) is 1. The number of rotatable bonds is 4. The van der Waals surface area contributed by atoms with E-state index >= 15 is 0 Å². The van der Waals surface area contributed by atoms with Gasteiger partial charge in [0.15, 0.2) is 0 Å². The summed E-state index contributed by atoms with van der Waals surface area (Å²) in [6, 6.07) is 7.50. The third-order valence-corrected chi connectivity index (χ3v) is 5.93. The summed E-state index contributed by atoms with van der Waals surface area (Å²) >= 11 is 0. The van der Waals surface area contributed by atoms with Crippen LogP contribution in [0.3, 0.4) is 0 Å². The molecule has 160 valence electrons. The Balaban J connectivity index is 0.000000310. The van der Waals surface area contributed by atoms with Gasteiger partial charge in [-0.3, -0.25) is 0 Å². The molecule has 1 aromatic heterocycles. The first-order valence-electron chi connectivity index (χ1n) is 10.7. The van der Waals surface area contributed by atoms with E-state index in [0.717, 1.165) is 23.2 Å². The Morgan fingerprint density at radius 2 is 2.07 bits per heavy atom. The predicted molar refractivity (Wildman–Crippen MR) is 120 cm³/mol. The molecule has 2 aromatic rings. The Morgan fingerprint density at radius 1 is 1.27 bits per heavy atom. The molecule has 0 amide bonds. The van der Waals surface area contributed by atoms with Crippen molar-refractivity contribution < 1.29 is 9.53 Å². The van der Waals surface area contributed by atoms with E-state index < -0.39 is 0 Å². The zero-order chi connectivity index (χ0) is 21.7. The van der Waals surface area contributed by atoms with Crippen LogP contribution in [0.1, 0.15) is 49.7 Å². The number of anilines is 2. The molecule has 4 unspecified atom stereocenters. The molecule has 6 nitrogen and oxygen atoms in total. The molecule has 1 fully saturated rings. The molecule has 1 heterocycles. The molecule has 3 N–H and O–H groups in total. The number of aryl methyl sites for hydroxylation is 1. The number of hydrogen-bond acceptors (Lipinski definition) is 6. The summed E-state index contributed by atoms with van der Waals surface area (Å²) in [6.45, 7) is 8.69. The molecule has 6 heteroatoms. The maximum Gasteiger partial charge on any atom is 0.338 e. The monoisotopic (exact) mass is 408 g/mol. The van der Waals surface area contributed by atoms with Gasteiger partial charge in [-0.25, -0.2) is 14.8 Å². The molecular formula is C24H32N4O2. The maximum absolute atomic E-state index is 11.8. The van der Waals surface area contributed by atoms with Crippen molar-refractivity contribution in [1.29, 1.82) is 0 Å². The molecule has 2 aliphatic carbocycles. The molecule has 1 aromatic carbocycles. The lowest BCUT2D eigenvalue weighted by Gasteiger charge is -2.45. The van der Waals surface area contributed by atoms with Crippen LogP contribution in [0, 0.1) is 24.7 Å². The van der Waals surface area contributed by atoms with Gasteiger partial charge in [-0.2, -0.15) is 0 Å². The highest BCUT2D eigenvalue weighted by atomic mass is 16.5. The smallest absolute Gasteiger partial charge is 0.338 e. The van der Waals surface area contributed by atoms with E-state index in [-0.39, 0.29) is 5.97 Å². The molecule has 1 saturated carbocycles. The Hall–Kier alpha value is -2.89. The number of aromatic nitrogens is 2. The van der Waals surface area contributed by atoms with Crippen molar-refractivity contribution in [2.24, 2.45) is 17.8 Å². The highest BCUT2D eigenvalue weighted by Crippen LogP contribution is 2.47. The van der Waals surface area contributed by atoms with Gasteiger partial charge < -0.3 is 15.8 Å². The van der Waals surface area contributed by atoms with Crippen molar-refractivity contribution in [3.63, 3.8) is 0 Å². The van der Waals surface area contributed by atoms with E-state index in [1.165, 1.54) is 19.2 Å². The zero-order valence-electron chi connectivity index (χ0n) is 18.3. The molecule has 0 spiro atoms. The fourth-order valence-corrected chi connectivity index (χ4v) is 4.20. The molecule has 0 bridgehead atoms. The number of nitrogen functional groups attached to an aromatic ring is 1. The number of carbonyl (C=O) groups is 1. The summed E-state index contributed by atoms with van der Waals surface area (Å²) in [4.78, 5) is 19.4. The van der Waals surface area contributed by atoms with Crippen molar-refractivity contribution in [2.45, 2.75) is 46.6 Å². The van der Waals surface area contributed by atoms with Gasteiger partial charge in [0.05, 0.1) is 23.5 Å². The maximum atomic E-state index is 11.8. The first-order valence-corrected chi connectivity index (χ1v) is 10.7. The summed E-state index contributed by atoms with van der Waals surface area (Å²) in [5.74, 6) is 1.77. The first-order chi connectivity index (χ1) is 14.4. The lowest BCUT2D eigenvalue weighted by Crippen LogP contribution is -2.39. The number of esters is 1. The first kappa shape index (κ1) is 21.8. The van der Waals surface area contributed by atoms with Crippen LogP contribution in [-0.2, 0) is 4.74 Å². The molecular weight excluding hydrogens is 376 g/mol. The van der Waals surface area contributed by atoms with Gasteiger partial charge >= 0.3 is 5.97 Å². The number of ether oxygens (including phenoxy) is 1. The summed E-state index contributed by atoms with van der Waals surface area (Å²) < 4.78 is 5.01. The SMILES string of the molecule is CCOC(=O)c1ccc(NC2C=C3C(C)CC3CC2C)c(N)c1.Cc1ccncn1. The molecule has 30 heavy (non-hydrogen) atoms. The van der Waals surface area contributed by atoms with Crippen LogP contribution in [0.2, 0.25) is 0 Å². The van der Waals surface area contributed by atoms with Crippen LogP contribution in [0.15, 0.2) is 48.4 Å². The number of benzene rings is 1. The van der Waals surface area contributed by atoms with Crippen LogP contribution in [0.4, 0.5) is 11.4 Å². The van der Waals surface area contributed by atoms with Crippen LogP contribution in [0.25, 0.3) is 0 Å². The second-order valence-corrected chi connectivity index (χ2v) is 8.26. The number of carbonyl (C=O) groups excluding carboxylic acids is 1. The van der Waals surface area contributed by atoms with Gasteiger partial charge in [0.25, 0.3) is 0 Å². The van der Waals surface area contributed by atoms with Crippen LogP contribution < -0.4 is 11.1 Å². The Morgan fingerprint density at radius 3 is 2.63 bits per heavy atom. The van der Waals surface area contributed by atoms with Gasteiger partial charge in [0.1, 0.15) is 6.33 Å². The van der Waals surface area contributed by atoms with E-state index in [1.807, 2.05) is 19.1 Å². The van der Waals surface area contributed by atoms with Gasteiger partial charge in [0.2, 0.25) is 0 Å². The van der Waals surface area contributed by atoms with E-state index in [4.69, 9.17) is 10.5 Å². The third-order valence-electron chi connectivity index (χ3n) is 5.93. The zero-order valence-corrected chi connectivity index (χ0v) is 18.3. The Labute approximate surface area is 179 Å². The minimum Gasteiger partial charge on any atom is -0.462 e. The fourth-order valence-electron chi connectivity index (χ4n) is 4.20. The van der Waals surface area contributed by atoms with E-state index in [0.29, 0.717) is 29.8 Å². The van der Waals surface area contributed by atoms with Gasteiger partial charge in [-0.15, -0.1) is 0 Å². The molecule has 2 aliphatic rings. The van der Waals surface area contributed by atoms with Crippen LogP contribution >= 0.6 is 0 Å². The van der Waals surface area contributed by atoms with Crippen molar-refractivity contribution in [3.05, 3.63) is 59.7 Å². The number of nitrogens with one attached hydrogen (secondary N) is 1. The quantitative estimate of drug-likeness (QED) is 0.435. The molecule has 0 radical (unpaired) electrons. The van der Waals surface area contributed by atoms with Crippen molar-refractivity contribution in [1.82, 2.24) is 9.97 Å². The number of hydrogen-bond donors (Lipinski definition) is 2. The third kappa shape index (κ3) is 5.17. The summed E-state index contributed by atoms with van der Waals surface area (Å²) in [6.07, 6.45) is 8.23. The highest BCUT2D eigenvalue weighted by Gasteiger charge is 2.38. The predicted octanol–water partition coefficient (Wildman–Crippen LogP) is 4.63. The summed E-state index contributed by atoms with van der Waals surface area (Å²) in [5.41, 5.74) is 10.7. The largest absolute Gasteiger partial charge is 0.462 e. The summed E-state index contributed by atoms with van der Waals surface area (Å²) in [5, 5.41) is 3.55. The Bertz CT molecular complexity index is 897. The van der Waals surface area contributed by atoms with Crippen molar-refractivity contribution in [3.8, 4) is 0 Å². The average molecular weight is 409 g/mol. The second-order valence-electron chi connectivity index (χ2n) is 8.26. The lowest BCUT2D eigenvalue weighted by molar-refractivity contribution is 0.0526. The Kier molecular flexibility index (Phi) is 7.08. The van der Waals surface area contributed by atoms with Crippen LogP contribution in [0.5, 0.6) is 0 Å². The van der Waals surface area contributed by atoms with Crippen LogP contribution in [-0.4, -0.2) is 28.6 Å². The molecule has 4 atom stereocenters. The standard InChI is InChI=1S/C19H26N2O2.C5H6N2/c1-4-23-19(22)13-5-6-17(16(20)9-13)21-18-10-15-11(2)7-14(15)8-12(18)3;1-5-2-3-6-4-7-5/h5-6,9-12,14,18,21H,4,7-8,20H2,1-3H3;2-4H,1H3. The van der Waals surface area contributed by atoms with Gasteiger partial charge in [0, 0.05) is 17.9 Å². The minimum absolute atomic E-state index is 0.305. The molecule has 0 aliphatic heterocycles. The second kappa shape index (κ2) is 9.74. The summed E-state index contributed by atoms with van der Waals surface area (Å²) in [7, 11) is 0. The van der Waals surface area contributed by atoms with Crippen molar-refractivity contribution >= 4 is 17.3 Å². The van der Waals surface area contributed by atoms with E-state index in [9.17, 15) is 4.79 Å². The normalized spacial score (nSPS) is 24.3. The van der Waals surface area contributed by atoms with E-state index in [2.05, 4.69) is 35.2 Å². The topological polar surface area (TPSA) is 90.1 Å². The highest BCUT2D eigenvalue weighted by molar-refractivity contribution is 5.92. The average Bonchev–Trinajstić information content (AvgIpc) is 2.72. The lowest BCUT2D eigenvalue weighted by atomic mass is 9.63. The number of allylic oxidation sites excluding steroid dienone is 1. The number of fused-ring (bicyclic) bond motifs is 1. The number of nitrogens with zero attached hydrogens (tertiary/aromatic N) is 2. The van der Waals surface area contributed by atoms with Gasteiger partial charge in [-0.05, 0) is 68.7 Å². The fraction of sp³-hybridized carbons (Fsp3) is 0.458. The minimum atomic E-state index is -0.329. The molecule has 0 saturated heterocycles. The van der Waals surface area contributed by atoms with E-state index in [1.54, 1.807) is 30.8 Å². The van der Waals surface area contributed by atoms with Gasteiger partial charge in [-0.1, -0.05) is 25.5 Å². The molecule has 4 rings (SSSR count). The van der Waals surface area contributed by atoms with Crippen molar-refractivity contribution in [2.75, 3.05) is 17.7 Å².